The van der Waals surface area contributed by atoms with E-state index in [9.17, 15) is 4.79 Å². The molecule has 0 atom stereocenters. The molecule has 0 unspecified atom stereocenters. The van der Waals surface area contributed by atoms with E-state index in [1.165, 1.54) is 5.56 Å². The monoisotopic (exact) mass is 310 g/mol. The first-order valence-corrected chi connectivity index (χ1v) is 8.64. The van der Waals surface area contributed by atoms with Gasteiger partial charge in [-0.15, -0.1) is 0 Å². The zero-order valence-electron chi connectivity index (χ0n) is 14.1. The van der Waals surface area contributed by atoms with Crippen molar-refractivity contribution >= 4 is 23.4 Å². The fraction of sp³-hybridized carbons (Fsp3) is 0.450. The molecule has 1 fully saturated rings. The summed E-state index contributed by atoms with van der Waals surface area (Å²) in [6.45, 7) is 8.37. The highest BCUT2D eigenvalue weighted by Gasteiger charge is 2.22. The van der Waals surface area contributed by atoms with E-state index in [1.807, 2.05) is 11.5 Å². The molecule has 3 nitrogen and oxygen atoms in total. The van der Waals surface area contributed by atoms with Crippen LogP contribution in [-0.2, 0) is 6.42 Å². The van der Waals surface area contributed by atoms with Crippen LogP contribution in [0.2, 0.25) is 0 Å². The number of hydrogen-bond donors (Lipinski definition) is 1. The summed E-state index contributed by atoms with van der Waals surface area (Å²) in [7, 11) is 0. The van der Waals surface area contributed by atoms with Crippen LogP contribution in [0.5, 0.6) is 0 Å². The van der Waals surface area contributed by atoms with Gasteiger partial charge in [0.15, 0.2) is 0 Å². The minimum absolute atomic E-state index is 0.103. The number of hydrogen-bond acceptors (Lipinski definition) is 2. The van der Waals surface area contributed by atoms with E-state index in [0.29, 0.717) is 0 Å². The summed E-state index contributed by atoms with van der Waals surface area (Å²) in [5.74, 6) is 0. The van der Waals surface area contributed by atoms with E-state index in [2.05, 4.69) is 37.8 Å². The summed E-state index contributed by atoms with van der Waals surface area (Å²) >= 11 is 0. The molecule has 3 rings (SSSR count). The molecule has 122 valence electrons. The lowest BCUT2D eigenvalue weighted by atomic mass is 9.91. The van der Waals surface area contributed by atoms with Crippen LogP contribution >= 0.6 is 0 Å². The third-order valence-electron chi connectivity index (χ3n) is 5.23. The number of nitrogens with zero attached hydrogens (tertiary/aromatic N) is 1. The molecule has 0 bridgehead atoms. The molecule has 2 N–H and O–H groups in total. The lowest BCUT2D eigenvalue weighted by Crippen LogP contribution is -2.46. The van der Waals surface area contributed by atoms with Crippen LogP contribution in [0.4, 0.5) is 0 Å². The number of aromatic nitrogens is 1. The van der Waals surface area contributed by atoms with Crippen LogP contribution in [0.3, 0.4) is 0 Å². The molecule has 0 amide bonds. The predicted molar refractivity (Wildman–Crippen MR) is 98.0 cm³/mol. The van der Waals surface area contributed by atoms with Crippen molar-refractivity contribution in [2.75, 3.05) is 0 Å². The molecule has 1 aliphatic carbocycles. The van der Waals surface area contributed by atoms with Crippen molar-refractivity contribution in [2.24, 2.45) is 5.73 Å². The number of fused-ring (bicyclic) bond motifs is 1. The smallest absolute Gasteiger partial charge is 0.259 e. The highest BCUT2D eigenvalue weighted by molar-refractivity contribution is 5.83. The largest absolute Gasteiger partial charge is 0.328 e. The van der Waals surface area contributed by atoms with E-state index in [1.54, 1.807) is 0 Å². The number of rotatable bonds is 2. The first-order valence-electron chi connectivity index (χ1n) is 8.64. The normalized spacial score (nSPS) is 22.7. The molecule has 1 aromatic heterocycles. The van der Waals surface area contributed by atoms with Gasteiger partial charge in [-0.05, 0) is 56.0 Å². The van der Waals surface area contributed by atoms with Crippen molar-refractivity contribution in [3.63, 3.8) is 0 Å². The van der Waals surface area contributed by atoms with Gasteiger partial charge in [0.25, 0.3) is 5.56 Å². The molecule has 0 saturated heterocycles. The lowest BCUT2D eigenvalue weighted by molar-refractivity contribution is 0.314. The molecule has 1 aromatic carbocycles. The Balaban J connectivity index is 2.30. The molecular formula is C20H26N2O. The highest BCUT2D eigenvalue weighted by atomic mass is 16.1. The summed E-state index contributed by atoms with van der Waals surface area (Å²) < 4.78 is 1.93. The second-order valence-corrected chi connectivity index (χ2v) is 6.63. The fourth-order valence-corrected chi connectivity index (χ4v) is 3.83. The summed E-state index contributed by atoms with van der Waals surface area (Å²) in [6, 6.07) is 6.73. The number of aryl methyl sites for hydroxylation is 1. The molecule has 2 aromatic rings. The minimum Gasteiger partial charge on any atom is -0.328 e. The van der Waals surface area contributed by atoms with Crippen LogP contribution in [0.1, 0.15) is 51.1 Å². The van der Waals surface area contributed by atoms with Gasteiger partial charge < -0.3 is 10.3 Å². The van der Waals surface area contributed by atoms with Gasteiger partial charge in [-0.3, -0.25) is 4.79 Å². The van der Waals surface area contributed by atoms with Gasteiger partial charge in [0.2, 0.25) is 0 Å². The van der Waals surface area contributed by atoms with Gasteiger partial charge in [-0.25, -0.2) is 0 Å². The van der Waals surface area contributed by atoms with Gasteiger partial charge in [0.1, 0.15) is 0 Å². The maximum absolute atomic E-state index is 13.1. The van der Waals surface area contributed by atoms with Crippen molar-refractivity contribution in [2.45, 2.75) is 58.0 Å². The molecule has 23 heavy (non-hydrogen) atoms. The molecule has 1 saturated carbocycles. The van der Waals surface area contributed by atoms with Gasteiger partial charge >= 0.3 is 0 Å². The first-order chi connectivity index (χ1) is 11.1. The van der Waals surface area contributed by atoms with Crippen molar-refractivity contribution in [3.8, 4) is 0 Å². The zero-order chi connectivity index (χ0) is 16.6. The van der Waals surface area contributed by atoms with E-state index in [4.69, 9.17) is 5.73 Å². The quantitative estimate of drug-likeness (QED) is 0.924. The Morgan fingerprint density at radius 3 is 2.57 bits per heavy atom. The third kappa shape index (κ3) is 2.74. The number of benzene rings is 1. The molecule has 0 spiro atoms. The summed E-state index contributed by atoms with van der Waals surface area (Å²) in [4.78, 5) is 13.1. The van der Waals surface area contributed by atoms with Gasteiger partial charge in [-0.2, -0.15) is 0 Å². The van der Waals surface area contributed by atoms with Crippen LogP contribution in [-0.4, -0.2) is 10.6 Å². The maximum atomic E-state index is 13.1. The zero-order valence-corrected chi connectivity index (χ0v) is 14.1. The highest BCUT2D eigenvalue weighted by Crippen LogP contribution is 2.25. The SMILES string of the molecule is C=c1/c(=C\C)c2ccc(CC)cc2c(=O)n1C1CCC(N)CC1. The topological polar surface area (TPSA) is 48.0 Å². The molecule has 3 heteroatoms. The Morgan fingerprint density at radius 1 is 1.26 bits per heavy atom. The maximum Gasteiger partial charge on any atom is 0.259 e. The number of nitrogens with two attached hydrogens (primary N) is 1. The third-order valence-corrected chi connectivity index (χ3v) is 5.23. The minimum atomic E-state index is 0.103. The molecule has 0 radical (unpaired) electrons. The van der Waals surface area contributed by atoms with E-state index >= 15 is 0 Å². The average Bonchev–Trinajstić information content (AvgIpc) is 2.57. The van der Waals surface area contributed by atoms with Crippen LogP contribution < -0.4 is 21.9 Å². The van der Waals surface area contributed by atoms with Gasteiger partial charge in [-0.1, -0.05) is 31.7 Å². The fourth-order valence-electron chi connectivity index (χ4n) is 3.83. The average molecular weight is 310 g/mol. The van der Waals surface area contributed by atoms with E-state index in [0.717, 1.165) is 53.4 Å². The van der Waals surface area contributed by atoms with E-state index in [-0.39, 0.29) is 17.6 Å². The summed E-state index contributed by atoms with van der Waals surface area (Å²) in [6.07, 6.45) is 6.90. The number of pyridine rings is 1. The Bertz CT molecular complexity index is 886. The predicted octanol–water partition coefficient (Wildman–Crippen LogP) is 2.22. The molecular weight excluding hydrogens is 284 g/mol. The lowest BCUT2D eigenvalue weighted by Gasteiger charge is -2.28. The van der Waals surface area contributed by atoms with Crippen LogP contribution in [0, 0.1) is 0 Å². The van der Waals surface area contributed by atoms with Crippen molar-refractivity contribution in [1.82, 2.24) is 4.57 Å². The van der Waals surface area contributed by atoms with Crippen molar-refractivity contribution < 1.29 is 0 Å². The summed E-state index contributed by atoms with van der Waals surface area (Å²) in [5.41, 5.74) is 7.33. The summed E-state index contributed by atoms with van der Waals surface area (Å²) in [5, 5.41) is 3.76. The van der Waals surface area contributed by atoms with Gasteiger partial charge in [0, 0.05) is 28.0 Å². The Labute approximate surface area is 137 Å². The van der Waals surface area contributed by atoms with Crippen LogP contribution in [0.25, 0.3) is 23.4 Å². The first kappa shape index (κ1) is 16.0. The second kappa shape index (κ2) is 6.32. The van der Waals surface area contributed by atoms with Crippen LogP contribution in [0.15, 0.2) is 23.0 Å². The second-order valence-electron chi connectivity index (χ2n) is 6.63. The van der Waals surface area contributed by atoms with Crippen molar-refractivity contribution in [1.29, 1.82) is 0 Å². The van der Waals surface area contributed by atoms with Crippen molar-refractivity contribution in [3.05, 3.63) is 44.7 Å². The van der Waals surface area contributed by atoms with Gasteiger partial charge in [0.05, 0.1) is 0 Å². The molecule has 0 aliphatic heterocycles. The molecule has 1 aliphatic rings. The van der Waals surface area contributed by atoms with E-state index < -0.39 is 0 Å². The molecule has 1 heterocycles. The Hall–Kier alpha value is -1.87. The Kier molecular flexibility index (Phi) is 4.40. The Morgan fingerprint density at radius 2 is 1.96 bits per heavy atom. The standard InChI is InChI=1S/C20H26N2O/c1-4-14-6-11-18-17(5-2)13(3)22(20(23)19(18)12-14)16-9-7-15(21)8-10-16/h5-6,11-12,15-16H,3-4,7-10,21H2,1-2H3/b17-5+.